The van der Waals surface area contributed by atoms with Gasteiger partial charge in [-0.3, -0.25) is 4.79 Å². The highest BCUT2D eigenvalue weighted by molar-refractivity contribution is 9.11. The molecule has 1 aromatic carbocycles. The maximum Gasteiger partial charge on any atom is 0.170 e. The largest absolute Gasteiger partial charge is 0.495 e. The Bertz CT molecular complexity index is 489. The zero-order valence-corrected chi connectivity index (χ0v) is 13.3. The predicted molar refractivity (Wildman–Crippen MR) is 79.3 cm³/mol. The second kappa shape index (κ2) is 5.57. The number of carbonyl (C=O) groups excluding carboxylic acids is 1. The van der Waals surface area contributed by atoms with Crippen LogP contribution in [0.5, 0.6) is 5.75 Å². The van der Waals surface area contributed by atoms with Crippen LogP contribution < -0.4 is 4.74 Å². The van der Waals surface area contributed by atoms with Crippen molar-refractivity contribution in [1.29, 1.82) is 0 Å². The summed E-state index contributed by atoms with van der Waals surface area (Å²) < 4.78 is 7.16. The Balaban J connectivity index is 2.57. The van der Waals surface area contributed by atoms with E-state index in [-0.39, 0.29) is 11.7 Å². The summed E-state index contributed by atoms with van der Waals surface area (Å²) in [5.41, 5.74) is 1.78. The van der Waals surface area contributed by atoms with Gasteiger partial charge in [-0.15, -0.1) is 6.58 Å². The molecular weight excluding hydrogens is 360 g/mol. The lowest BCUT2D eigenvalue weighted by Crippen LogP contribution is -2.23. The molecule has 4 heteroatoms. The molecule has 0 amide bonds. The van der Waals surface area contributed by atoms with E-state index in [4.69, 9.17) is 4.74 Å². The number of fused-ring (bicyclic) bond motifs is 1. The maximum atomic E-state index is 12.5. The molecule has 96 valence electrons. The van der Waals surface area contributed by atoms with Gasteiger partial charge in [0, 0.05) is 10.4 Å². The fraction of sp³-hybridized carbons (Fsp3) is 0.357. The number of allylic oxidation sites excluding steroid dienone is 1. The minimum absolute atomic E-state index is 0.0325. The second-order valence-electron chi connectivity index (χ2n) is 4.35. The molecule has 0 saturated carbocycles. The van der Waals surface area contributed by atoms with Crippen molar-refractivity contribution in [2.75, 3.05) is 7.11 Å². The number of ketones is 1. The van der Waals surface area contributed by atoms with Crippen molar-refractivity contribution < 1.29 is 9.53 Å². The first kappa shape index (κ1) is 13.8. The van der Waals surface area contributed by atoms with Crippen LogP contribution in [0.4, 0.5) is 0 Å². The molecule has 1 aromatic rings. The smallest absolute Gasteiger partial charge is 0.170 e. The number of carbonyl (C=O) groups is 1. The Morgan fingerprint density at radius 2 is 2.22 bits per heavy atom. The molecular formula is C14H14Br2O2. The molecule has 0 fully saturated rings. The number of halogens is 2. The van der Waals surface area contributed by atoms with Gasteiger partial charge in [-0.2, -0.15) is 0 Å². The first-order valence-corrected chi connectivity index (χ1v) is 7.38. The third-order valence-corrected chi connectivity index (χ3v) is 4.60. The molecule has 0 bridgehead atoms. The van der Waals surface area contributed by atoms with E-state index in [1.165, 1.54) is 0 Å². The number of ether oxygens (including phenoxy) is 1. The van der Waals surface area contributed by atoms with Gasteiger partial charge in [0.05, 0.1) is 17.1 Å². The van der Waals surface area contributed by atoms with Crippen LogP contribution in [0.25, 0.3) is 0 Å². The fourth-order valence-electron chi connectivity index (χ4n) is 2.42. The number of benzene rings is 1. The van der Waals surface area contributed by atoms with E-state index in [0.717, 1.165) is 39.3 Å². The first-order chi connectivity index (χ1) is 8.60. The van der Waals surface area contributed by atoms with Gasteiger partial charge in [0.2, 0.25) is 0 Å². The highest BCUT2D eigenvalue weighted by Gasteiger charge is 2.31. The molecule has 1 aliphatic rings. The summed E-state index contributed by atoms with van der Waals surface area (Å²) in [5.74, 6) is 0.840. The van der Waals surface area contributed by atoms with Gasteiger partial charge in [0.25, 0.3) is 0 Å². The number of methoxy groups -OCH3 is 1. The van der Waals surface area contributed by atoms with Crippen LogP contribution in [-0.4, -0.2) is 12.9 Å². The third kappa shape index (κ3) is 2.28. The molecule has 0 heterocycles. The van der Waals surface area contributed by atoms with Crippen molar-refractivity contribution >= 4 is 37.6 Å². The van der Waals surface area contributed by atoms with Crippen molar-refractivity contribution in [3.05, 3.63) is 38.8 Å². The van der Waals surface area contributed by atoms with Gasteiger partial charge in [0.15, 0.2) is 5.78 Å². The van der Waals surface area contributed by atoms with Crippen LogP contribution in [0.3, 0.4) is 0 Å². The highest BCUT2D eigenvalue weighted by Crippen LogP contribution is 2.42. The standard InChI is InChI=1S/C14H14Br2O2/c1-3-4-8-5-6-9-10(15)7-11(16)14(18-2)12(9)13(8)17/h3,7-8H,1,4-6H2,2H3. The summed E-state index contributed by atoms with van der Waals surface area (Å²) >= 11 is 6.97. The van der Waals surface area contributed by atoms with E-state index >= 15 is 0 Å². The van der Waals surface area contributed by atoms with Crippen LogP contribution in [0.1, 0.15) is 28.8 Å². The van der Waals surface area contributed by atoms with Crippen LogP contribution >= 0.6 is 31.9 Å². The lowest BCUT2D eigenvalue weighted by molar-refractivity contribution is 0.0899. The Morgan fingerprint density at radius 3 is 2.83 bits per heavy atom. The quantitative estimate of drug-likeness (QED) is 0.727. The minimum Gasteiger partial charge on any atom is -0.495 e. The fourth-order valence-corrected chi connectivity index (χ4v) is 3.95. The summed E-state index contributed by atoms with van der Waals surface area (Å²) in [7, 11) is 1.60. The molecule has 0 radical (unpaired) electrons. The summed E-state index contributed by atoms with van der Waals surface area (Å²) in [6.45, 7) is 3.72. The van der Waals surface area contributed by atoms with Gasteiger partial charge in [-0.05, 0) is 46.8 Å². The zero-order valence-electron chi connectivity index (χ0n) is 10.1. The van der Waals surface area contributed by atoms with E-state index < -0.39 is 0 Å². The topological polar surface area (TPSA) is 26.3 Å². The molecule has 0 N–H and O–H groups in total. The van der Waals surface area contributed by atoms with Crippen LogP contribution in [0.2, 0.25) is 0 Å². The predicted octanol–water partition coefficient (Wildman–Crippen LogP) is 4.54. The molecule has 1 atom stereocenters. The SMILES string of the molecule is C=CCC1CCc2c(Br)cc(Br)c(OC)c2C1=O. The van der Waals surface area contributed by atoms with E-state index in [9.17, 15) is 4.79 Å². The molecule has 1 aliphatic carbocycles. The van der Waals surface area contributed by atoms with Crippen molar-refractivity contribution in [2.45, 2.75) is 19.3 Å². The Labute approximate surface area is 124 Å². The second-order valence-corrected chi connectivity index (χ2v) is 6.06. The lowest BCUT2D eigenvalue weighted by atomic mass is 9.80. The zero-order chi connectivity index (χ0) is 13.3. The first-order valence-electron chi connectivity index (χ1n) is 5.80. The Hall–Kier alpha value is -0.610. The molecule has 2 nitrogen and oxygen atoms in total. The normalized spacial score (nSPS) is 18.4. The molecule has 1 unspecified atom stereocenters. The van der Waals surface area contributed by atoms with Crippen molar-refractivity contribution in [3.63, 3.8) is 0 Å². The van der Waals surface area contributed by atoms with E-state index in [0.29, 0.717) is 5.75 Å². The Kier molecular flexibility index (Phi) is 4.28. The van der Waals surface area contributed by atoms with Crippen LogP contribution in [0.15, 0.2) is 27.7 Å². The van der Waals surface area contributed by atoms with Gasteiger partial charge in [-0.25, -0.2) is 0 Å². The van der Waals surface area contributed by atoms with E-state index in [1.54, 1.807) is 7.11 Å². The molecule has 2 rings (SSSR count). The summed E-state index contributed by atoms with van der Waals surface area (Å²) in [4.78, 5) is 12.5. The van der Waals surface area contributed by atoms with Crippen LogP contribution in [0, 0.1) is 5.92 Å². The van der Waals surface area contributed by atoms with Crippen LogP contribution in [-0.2, 0) is 6.42 Å². The number of Topliss-reactive ketones (excluding diaryl/α,β-unsaturated/α-hetero) is 1. The lowest BCUT2D eigenvalue weighted by Gasteiger charge is -2.25. The highest BCUT2D eigenvalue weighted by atomic mass is 79.9. The summed E-state index contributed by atoms with van der Waals surface area (Å²) in [6, 6.07) is 1.94. The molecule has 18 heavy (non-hydrogen) atoms. The van der Waals surface area contributed by atoms with Gasteiger partial charge >= 0.3 is 0 Å². The number of hydrogen-bond donors (Lipinski definition) is 0. The van der Waals surface area contributed by atoms with Gasteiger partial charge in [0.1, 0.15) is 5.75 Å². The molecule has 0 saturated heterocycles. The van der Waals surface area contributed by atoms with Crippen molar-refractivity contribution in [1.82, 2.24) is 0 Å². The van der Waals surface area contributed by atoms with Gasteiger partial charge in [-0.1, -0.05) is 22.0 Å². The monoisotopic (exact) mass is 372 g/mol. The summed E-state index contributed by atoms with van der Waals surface area (Å²) in [6.07, 6.45) is 4.31. The van der Waals surface area contributed by atoms with E-state index in [2.05, 4.69) is 38.4 Å². The van der Waals surface area contributed by atoms with Crippen molar-refractivity contribution in [3.8, 4) is 5.75 Å². The third-order valence-electron chi connectivity index (χ3n) is 3.30. The average Bonchev–Trinajstić information content (AvgIpc) is 2.33. The van der Waals surface area contributed by atoms with Gasteiger partial charge < -0.3 is 4.74 Å². The minimum atomic E-state index is 0.0325. The summed E-state index contributed by atoms with van der Waals surface area (Å²) in [5, 5.41) is 0. The Morgan fingerprint density at radius 1 is 1.50 bits per heavy atom. The molecule has 0 spiro atoms. The maximum absolute atomic E-state index is 12.5. The number of hydrogen-bond acceptors (Lipinski definition) is 2. The van der Waals surface area contributed by atoms with Crippen molar-refractivity contribution in [2.24, 2.45) is 5.92 Å². The average molecular weight is 374 g/mol. The molecule has 0 aromatic heterocycles. The van der Waals surface area contributed by atoms with E-state index in [1.807, 2.05) is 12.1 Å². The molecule has 0 aliphatic heterocycles. The number of rotatable bonds is 3.